The molecule has 24 heavy (non-hydrogen) atoms. The van der Waals surface area contributed by atoms with Gasteiger partial charge >= 0.3 is 6.18 Å². The minimum absolute atomic E-state index is 0.178. The molecule has 0 saturated heterocycles. The van der Waals surface area contributed by atoms with Gasteiger partial charge in [0.05, 0.1) is 16.2 Å². The zero-order valence-electron chi connectivity index (χ0n) is 13.9. The van der Waals surface area contributed by atoms with Crippen molar-refractivity contribution in [1.82, 2.24) is 0 Å². The van der Waals surface area contributed by atoms with E-state index < -0.39 is 33.9 Å². The average Bonchev–Trinajstić information content (AvgIpc) is 2.73. The summed E-state index contributed by atoms with van der Waals surface area (Å²) >= 11 is 1.13. The minimum Gasteiger partial charge on any atom is -0.388 e. The number of rotatable bonds is 4. The van der Waals surface area contributed by atoms with Crippen molar-refractivity contribution in [1.29, 1.82) is 0 Å². The molecule has 7 heteroatoms. The van der Waals surface area contributed by atoms with Crippen LogP contribution in [0.5, 0.6) is 0 Å². The van der Waals surface area contributed by atoms with Crippen LogP contribution in [0, 0.1) is 0 Å². The molecule has 1 heterocycles. The second-order valence-corrected chi connectivity index (χ2v) is 8.19. The number of aliphatic hydroxyl groups is 1. The third kappa shape index (κ3) is 3.52. The first-order valence-electron chi connectivity index (χ1n) is 7.56. The Labute approximate surface area is 143 Å². The fourth-order valence-electron chi connectivity index (χ4n) is 2.55. The van der Waals surface area contributed by atoms with E-state index in [1.54, 1.807) is 19.9 Å². The Kier molecular flexibility index (Phi) is 4.89. The SMILES string of the molecule is C[C@H](CC1=NC(=O)C(C)(C(C)(C)O)S1)c1ccccc1C(F)(F)F. The Balaban J connectivity index is 2.23. The van der Waals surface area contributed by atoms with Gasteiger partial charge in [-0.05, 0) is 38.3 Å². The number of halogens is 3. The van der Waals surface area contributed by atoms with Crippen molar-refractivity contribution < 1.29 is 23.1 Å². The van der Waals surface area contributed by atoms with Gasteiger partial charge in [0, 0.05) is 6.42 Å². The molecule has 2 atom stereocenters. The van der Waals surface area contributed by atoms with Crippen molar-refractivity contribution in [3.63, 3.8) is 0 Å². The van der Waals surface area contributed by atoms with Crippen LogP contribution in [-0.4, -0.2) is 26.4 Å². The van der Waals surface area contributed by atoms with Gasteiger partial charge in [-0.3, -0.25) is 4.79 Å². The van der Waals surface area contributed by atoms with Gasteiger partial charge < -0.3 is 5.11 Å². The van der Waals surface area contributed by atoms with E-state index in [1.165, 1.54) is 26.0 Å². The largest absolute Gasteiger partial charge is 0.416 e. The summed E-state index contributed by atoms with van der Waals surface area (Å²) in [6.45, 7) is 6.33. The molecule has 0 saturated carbocycles. The topological polar surface area (TPSA) is 49.7 Å². The number of hydrogen-bond donors (Lipinski definition) is 1. The number of hydrogen-bond acceptors (Lipinski definition) is 3. The number of amides is 1. The number of thioether (sulfide) groups is 1. The summed E-state index contributed by atoms with van der Waals surface area (Å²) in [7, 11) is 0. The smallest absolute Gasteiger partial charge is 0.388 e. The molecule has 1 aromatic carbocycles. The zero-order valence-corrected chi connectivity index (χ0v) is 14.8. The molecule has 0 radical (unpaired) electrons. The van der Waals surface area contributed by atoms with Crippen LogP contribution < -0.4 is 0 Å². The molecule has 0 spiro atoms. The molecule has 0 aliphatic carbocycles. The molecule has 1 aromatic rings. The number of carbonyl (C=O) groups excluding carboxylic acids is 1. The van der Waals surface area contributed by atoms with E-state index in [-0.39, 0.29) is 12.0 Å². The van der Waals surface area contributed by atoms with E-state index >= 15 is 0 Å². The molecule has 1 unspecified atom stereocenters. The lowest BCUT2D eigenvalue weighted by Crippen LogP contribution is -2.48. The highest BCUT2D eigenvalue weighted by atomic mass is 32.2. The first-order chi connectivity index (χ1) is 10.9. The number of carbonyl (C=O) groups is 1. The molecule has 1 N–H and O–H groups in total. The van der Waals surface area contributed by atoms with Crippen molar-refractivity contribution in [3.8, 4) is 0 Å². The summed E-state index contributed by atoms with van der Waals surface area (Å²) in [5, 5.41) is 10.7. The maximum absolute atomic E-state index is 13.1. The van der Waals surface area contributed by atoms with Crippen LogP contribution in [-0.2, 0) is 11.0 Å². The molecule has 0 bridgehead atoms. The second kappa shape index (κ2) is 6.19. The molecule has 2 rings (SSSR count). The molecule has 0 fully saturated rings. The highest BCUT2D eigenvalue weighted by Crippen LogP contribution is 2.45. The van der Waals surface area contributed by atoms with Crippen molar-refractivity contribution >= 4 is 22.7 Å². The molecule has 1 aliphatic heterocycles. The minimum atomic E-state index is -4.42. The summed E-state index contributed by atoms with van der Waals surface area (Å²) in [6.07, 6.45) is -4.21. The first kappa shape index (κ1) is 19.0. The maximum Gasteiger partial charge on any atom is 0.416 e. The van der Waals surface area contributed by atoms with E-state index in [1.807, 2.05) is 0 Å². The van der Waals surface area contributed by atoms with Crippen molar-refractivity contribution in [2.75, 3.05) is 0 Å². The standard InChI is InChI=1S/C17H20F3NO2S/c1-10(11-7-5-6-8-12(11)17(18,19)20)9-13-21-14(22)16(4,24-13)15(2,3)23/h5-8,10,23H,9H2,1-4H3/t10-,16?/m1/s1. The van der Waals surface area contributed by atoms with Crippen LogP contribution in [0.3, 0.4) is 0 Å². The fraction of sp³-hybridized carbons (Fsp3) is 0.529. The Morgan fingerprint density at radius 3 is 2.38 bits per heavy atom. The van der Waals surface area contributed by atoms with E-state index in [2.05, 4.69) is 4.99 Å². The van der Waals surface area contributed by atoms with Crippen LogP contribution in [0.25, 0.3) is 0 Å². The van der Waals surface area contributed by atoms with Crippen molar-refractivity contribution in [3.05, 3.63) is 35.4 Å². The van der Waals surface area contributed by atoms with E-state index in [4.69, 9.17) is 0 Å². The molecule has 132 valence electrons. The van der Waals surface area contributed by atoms with Gasteiger partial charge in [0.25, 0.3) is 5.91 Å². The molecule has 1 amide bonds. The van der Waals surface area contributed by atoms with Gasteiger partial charge in [0.2, 0.25) is 0 Å². The number of alkyl halides is 3. The molecule has 3 nitrogen and oxygen atoms in total. The lowest BCUT2D eigenvalue weighted by Gasteiger charge is -2.33. The summed E-state index contributed by atoms with van der Waals surface area (Å²) in [5.41, 5.74) is -1.78. The number of aliphatic imine (C=N–C) groups is 1. The van der Waals surface area contributed by atoms with Crippen molar-refractivity contribution in [2.24, 2.45) is 4.99 Å². The van der Waals surface area contributed by atoms with Gasteiger partial charge in [-0.15, -0.1) is 0 Å². The maximum atomic E-state index is 13.1. The lowest BCUT2D eigenvalue weighted by molar-refractivity contribution is -0.138. The van der Waals surface area contributed by atoms with Gasteiger partial charge in [0.15, 0.2) is 0 Å². The van der Waals surface area contributed by atoms with Crippen LogP contribution in [0.15, 0.2) is 29.3 Å². The molecular weight excluding hydrogens is 339 g/mol. The zero-order chi connectivity index (χ0) is 18.3. The van der Waals surface area contributed by atoms with Crippen LogP contribution in [0.4, 0.5) is 13.2 Å². The highest BCUT2D eigenvalue weighted by molar-refractivity contribution is 8.16. The van der Waals surface area contributed by atoms with Crippen molar-refractivity contribution in [2.45, 2.75) is 56.6 Å². The van der Waals surface area contributed by atoms with Gasteiger partial charge in [-0.25, -0.2) is 4.99 Å². The van der Waals surface area contributed by atoms with Gasteiger partial charge in [-0.1, -0.05) is 36.9 Å². The quantitative estimate of drug-likeness (QED) is 0.867. The predicted molar refractivity (Wildman–Crippen MR) is 89.2 cm³/mol. The number of benzene rings is 1. The Bertz CT molecular complexity index is 679. The monoisotopic (exact) mass is 359 g/mol. The molecule has 0 aromatic heterocycles. The van der Waals surface area contributed by atoms with Crippen LogP contribution >= 0.6 is 11.8 Å². The highest BCUT2D eigenvalue weighted by Gasteiger charge is 2.51. The van der Waals surface area contributed by atoms with Gasteiger partial charge in [0.1, 0.15) is 4.75 Å². The van der Waals surface area contributed by atoms with Crippen LogP contribution in [0.2, 0.25) is 0 Å². The van der Waals surface area contributed by atoms with Gasteiger partial charge in [-0.2, -0.15) is 13.2 Å². The van der Waals surface area contributed by atoms with E-state index in [0.717, 1.165) is 17.8 Å². The first-order valence-corrected chi connectivity index (χ1v) is 8.37. The normalized spacial score (nSPS) is 23.3. The van der Waals surface area contributed by atoms with Crippen LogP contribution in [0.1, 0.15) is 51.2 Å². The van der Waals surface area contributed by atoms with E-state index in [9.17, 15) is 23.1 Å². The summed E-state index contributed by atoms with van der Waals surface area (Å²) in [6, 6.07) is 5.43. The predicted octanol–water partition coefficient (Wildman–Crippen LogP) is 4.40. The summed E-state index contributed by atoms with van der Waals surface area (Å²) in [4.78, 5) is 16.1. The average molecular weight is 359 g/mol. The Hall–Kier alpha value is -1.34. The number of nitrogens with zero attached hydrogens (tertiary/aromatic N) is 1. The summed E-state index contributed by atoms with van der Waals surface area (Å²) in [5.74, 6) is -0.905. The molecular formula is C17H20F3NO2S. The Morgan fingerprint density at radius 1 is 1.29 bits per heavy atom. The third-order valence-corrected chi connectivity index (χ3v) is 5.98. The third-order valence-electron chi connectivity index (χ3n) is 4.40. The second-order valence-electron chi connectivity index (χ2n) is 6.70. The van der Waals surface area contributed by atoms with E-state index in [0.29, 0.717) is 5.04 Å². The Morgan fingerprint density at radius 2 is 1.88 bits per heavy atom. The lowest BCUT2D eigenvalue weighted by atomic mass is 9.91. The molecule has 1 aliphatic rings. The summed E-state index contributed by atoms with van der Waals surface area (Å²) < 4.78 is 38.3. The fourth-order valence-corrected chi connectivity index (χ4v) is 3.87.